The molecule has 6 heteroatoms. The minimum Gasteiger partial charge on any atom is -0.383 e. The Hall–Kier alpha value is -1.66. The molecule has 0 aliphatic heterocycles. The molecule has 2 aromatic heterocycles. The SMILES string of the molecule is COCCNCCNc1nc2cc(C)ccn2n1. The molecular weight excluding hydrogens is 230 g/mol. The van der Waals surface area contributed by atoms with Crippen LogP contribution < -0.4 is 10.6 Å². The van der Waals surface area contributed by atoms with Crippen LogP contribution in [-0.2, 0) is 4.74 Å². The molecule has 6 nitrogen and oxygen atoms in total. The summed E-state index contributed by atoms with van der Waals surface area (Å²) in [5.41, 5.74) is 2.05. The molecule has 2 N–H and O–H groups in total. The largest absolute Gasteiger partial charge is 0.383 e. The molecular formula is C12H19N5O. The zero-order valence-corrected chi connectivity index (χ0v) is 10.8. The van der Waals surface area contributed by atoms with Crippen molar-refractivity contribution in [2.75, 3.05) is 38.7 Å². The van der Waals surface area contributed by atoms with Crippen molar-refractivity contribution in [2.45, 2.75) is 6.92 Å². The van der Waals surface area contributed by atoms with Crippen LogP contribution in [0.15, 0.2) is 18.3 Å². The molecule has 2 rings (SSSR count). The molecule has 98 valence electrons. The summed E-state index contributed by atoms with van der Waals surface area (Å²) >= 11 is 0. The van der Waals surface area contributed by atoms with Crippen molar-refractivity contribution < 1.29 is 4.74 Å². The van der Waals surface area contributed by atoms with Crippen molar-refractivity contribution in [1.29, 1.82) is 0 Å². The van der Waals surface area contributed by atoms with Gasteiger partial charge in [0.1, 0.15) is 0 Å². The van der Waals surface area contributed by atoms with Crippen molar-refractivity contribution in [1.82, 2.24) is 19.9 Å². The van der Waals surface area contributed by atoms with E-state index in [2.05, 4.69) is 20.7 Å². The molecule has 0 spiro atoms. The summed E-state index contributed by atoms with van der Waals surface area (Å²) in [6, 6.07) is 4.02. The molecule has 0 aromatic carbocycles. The van der Waals surface area contributed by atoms with E-state index in [1.54, 1.807) is 11.6 Å². The zero-order valence-electron chi connectivity index (χ0n) is 10.8. The Morgan fingerprint density at radius 3 is 3.06 bits per heavy atom. The summed E-state index contributed by atoms with van der Waals surface area (Å²) in [6.07, 6.45) is 1.92. The number of aromatic nitrogens is 3. The fourth-order valence-corrected chi connectivity index (χ4v) is 1.62. The van der Waals surface area contributed by atoms with Crippen LogP contribution >= 0.6 is 0 Å². The summed E-state index contributed by atoms with van der Waals surface area (Å²) in [5.74, 6) is 0.661. The lowest BCUT2D eigenvalue weighted by atomic mass is 10.3. The van der Waals surface area contributed by atoms with Gasteiger partial charge in [-0.05, 0) is 24.6 Å². The van der Waals surface area contributed by atoms with E-state index in [1.807, 2.05) is 25.3 Å². The number of hydrogen-bond acceptors (Lipinski definition) is 5. The first-order valence-corrected chi connectivity index (χ1v) is 6.06. The highest BCUT2D eigenvalue weighted by Crippen LogP contribution is 2.06. The second-order valence-electron chi connectivity index (χ2n) is 4.11. The quantitative estimate of drug-likeness (QED) is 0.707. The summed E-state index contributed by atoms with van der Waals surface area (Å²) in [5, 5.41) is 10.8. The first kappa shape index (κ1) is 12.8. The Morgan fingerprint density at radius 1 is 1.33 bits per heavy atom. The van der Waals surface area contributed by atoms with Crippen LogP contribution in [0, 0.1) is 6.92 Å². The van der Waals surface area contributed by atoms with E-state index in [4.69, 9.17) is 4.74 Å². The molecule has 2 aromatic rings. The van der Waals surface area contributed by atoms with Gasteiger partial charge in [0, 0.05) is 32.9 Å². The molecule has 0 atom stereocenters. The van der Waals surface area contributed by atoms with Crippen LogP contribution in [0.2, 0.25) is 0 Å². The Labute approximate surface area is 106 Å². The van der Waals surface area contributed by atoms with Gasteiger partial charge in [-0.15, -0.1) is 5.10 Å². The first-order chi connectivity index (χ1) is 8.79. The molecule has 18 heavy (non-hydrogen) atoms. The number of nitrogens with one attached hydrogen (secondary N) is 2. The molecule has 0 bridgehead atoms. The lowest BCUT2D eigenvalue weighted by Crippen LogP contribution is -2.25. The van der Waals surface area contributed by atoms with Crippen LogP contribution in [-0.4, -0.2) is 47.9 Å². The number of hydrogen-bond donors (Lipinski definition) is 2. The van der Waals surface area contributed by atoms with Gasteiger partial charge in [-0.2, -0.15) is 4.98 Å². The number of aryl methyl sites for hydroxylation is 1. The highest BCUT2D eigenvalue weighted by atomic mass is 16.5. The molecule has 0 fully saturated rings. The van der Waals surface area contributed by atoms with E-state index in [-0.39, 0.29) is 0 Å². The van der Waals surface area contributed by atoms with Crippen molar-refractivity contribution in [3.8, 4) is 0 Å². The highest BCUT2D eigenvalue weighted by molar-refractivity contribution is 5.45. The Bertz CT molecular complexity index is 496. The minimum absolute atomic E-state index is 0.661. The van der Waals surface area contributed by atoms with Gasteiger partial charge in [-0.25, -0.2) is 4.52 Å². The number of methoxy groups -OCH3 is 1. The standard InChI is InChI=1S/C12H19N5O/c1-10-3-7-17-11(9-10)15-12(16-17)14-5-4-13-6-8-18-2/h3,7,9,13H,4-6,8H2,1-2H3,(H,14,16). The Balaban J connectivity index is 1.81. The van der Waals surface area contributed by atoms with Gasteiger partial charge >= 0.3 is 0 Å². The maximum atomic E-state index is 4.95. The lowest BCUT2D eigenvalue weighted by Gasteiger charge is -2.03. The van der Waals surface area contributed by atoms with E-state index >= 15 is 0 Å². The van der Waals surface area contributed by atoms with E-state index in [9.17, 15) is 0 Å². The summed E-state index contributed by atoms with van der Waals surface area (Å²) < 4.78 is 6.72. The average molecular weight is 249 g/mol. The number of ether oxygens (including phenoxy) is 1. The van der Waals surface area contributed by atoms with Crippen LogP contribution in [0.25, 0.3) is 5.65 Å². The summed E-state index contributed by atoms with van der Waals surface area (Å²) in [4.78, 5) is 4.40. The number of pyridine rings is 1. The fourth-order valence-electron chi connectivity index (χ4n) is 1.62. The minimum atomic E-state index is 0.661. The third-order valence-corrected chi connectivity index (χ3v) is 2.56. The topological polar surface area (TPSA) is 63.5 Å². The first-order valence-electron chi connectivity index (χ1n) is 6.06. The van der Waals surface area contributed by atoms with Gasteiger partial charge in [-0.1, -0.05) is 0 Å². The molecule has 2 heterocycles. The van der Waals surface area contributed by atoms with Gasteiger partial charge in [0.2, 0.25) is 5.95 Å². The predicted molar refractivity (Wildman–Crippen MR) is 71.0 cm³/mol. The van der Waals surface area contributed by atoms with Gasteiger partial charge in [-0.3, -0.25) is 0 Å². The van der Waals surface area contributed by atoms with E-state index in [1.165, 1.54) is 5.56 Å². The molecule has 0 unspecified atom stereocenters. The van der Waals surface area contributed by atoms with Gasteiger partial charge in [0.05, 0.1) is 6.61 Å². The Kier molecular flexibility index (Phi) is 4.49. The van der Waals surface area contributed by atoms with Crippen molar-refractivity contribution in [3.63, 3.8) is 0 Å². The molecule has 0 saturated heterocycles. The maximum absolute atomic E-state index is 4.95. The third-order valence-electron chi connectivity index (χ3n) is 2.56. The summed E-state index contributed by atoms with van der Waals surface area (Å²) in [6.45, 7) is 5.28. The van der Waals surface area contributed by atoms with Gasteiger partial charge in [0.25, 0.3) is 0 Å². The Morgan fingerprint density at radius 2 is 2.22 bits per heavy atom. The van der Waals surface area contributed by atoms with E-state index in [0.717, 1.165) is 31.9 Å². The monoisotopic (exact) mass is 249 g/mol. The maximum Gasteiger partial charge on any atom is 0.243 e. The van der Waals surface area contributed by atoms with Crippen LogP contribution in [0.1, 0.15) is 5.56 Å². The smallest absolute Gasteiger partial charge is 0.243 e. The second-order valence-corrected chi connectivity index (χ2v) is 4.11. The lowest BCUT2D eigenvalue weighted by molar-refractivity contribution is 0.200. The molecule has 0 radical (unpaired) electrons. The predicted octanol–water partition coefficient (Wildman–Crippen LogP) is 0.686. The number of anilines is 1. The van der Waals surface area contributed by atoms with E-state index in [0.29, 0.717) is 5.95 Å². The number of fused-ring (bicyclic) bond motifs is 1. The van der Waals surface area contributed by atoms with Crippen molar-refractivity contribution in [2.24, 2.45) is 0 Å². The van der Waals surface area contributed by atoms with Crippen LogP contribution in [0.5, 0.6) is 0 Å². The second kappa shape index (κ2) is 6.32. The summed E-state index contributed by atoms with van der Waals surface area (Å²) in [7, 11) is 1.70. The number of rotatable bonds is 7. The molecule has 0 amide bonds. The average Bonchev–Trinajstić information content (AvgIpc) is 2.75. The van der Waals surface area contributed by atoms with Crippen LogP contribution in [0.4, 0.5) is 5.95 Å². The third kappa shape index (κ3) is 3.41. The van der Waals surface area contributed by atoms with Gasteiger partial charge in [0.15, 0.2) is 5.65 Å². The van der Waals surface area contributed by atoms with Gasteiger partial charge < -0.3 is 15.4 Å². The van der Waals surface area contributed by atoms with Crippen molar-refractivity contribution >= 4 is 11.6 Å². The molecule has 0 saturated carbocycles. The van der Waals surface area contributed by atoms with Crippen molar-refractivity contribution in [3.05, 3.63) is 23.9 Å². The normalized spacial score (nSPS) is 11.0. The molecule has 0 aliphatic rings. The zero-order chi connectivity index (χ0) is 12.8. The fraction of sp³-hybridized carbons (Fsp3) is 0.500. The van der Waals surface area contributed by atoms with E-state index < -0.39 is 0 Å². The highest BCUT2D eigenvalue weighted by Gasteiger charge is 2.01. The number of nitrogens with zero attached hydrogens (tertiary/aromatic N) is 3. The van der Waals surface area contributed by atoms with Crippen LogP contribution in [0.3, 0.4) is 0 Å². The molecule has 0 aliphatic carbocycles.